The van der Waals surface area contributed by atoms with Gasteiger partial charge >= 0.3 is 0 Å². The average Bonchev–Trinajstić information content (AvgIpc) is 2.93. The Morgan fingerprint density at radius 3 is 2.77 bits per heavy atom. The largest absolute Gasteiger partial charge is 0.370 e. The molecule has 0 radical (unpaired) electrons. The summed E-state index contributed by atoms with van der Waals surface area (Å²) >= 11 is 0. The Kier molecular flexibility index (Phi) is 6.01. The summed E-state index contributed by atoms with van der Waals surface area (Å²) in [5.74, 6) is 1.16. The van der Waals surface area contributed by atoms with Crippen molar-refractivity contribution in [3.8, 4) is 0 Å². The number of nitrogens with zero attached hydrogens (tertiary/aromatic N) is 3. The molecule has 0 unspecified atom stereocenters. The fraction of sp³-hybridized carbons (Fsp3) is 0.412. The number of rotatable bonds is 7. The number of guanidine groups is 1. The molecule has 0 bridgehead atoms. The van der Waals surface area contributed by atoms with Crippen molar-refractivity contribution < 1.29 is 0 Å². The van der Waals surface area contributed by atoms with Crippen molar-refractivity contribution in [2.75, 3.05) is 6.54 Å². The molecule has 0 aliphatic heterocycles. The zero-order valence-corrected chi connectivity index (χ0v) is 13.4. The van der Waals surface area contributed by atoms with Gasteiger partial charge in [-0.05, 0) is 17.9 Å². The number of benzene rings is 1. The Labute approximate surface area is 132 Å². The van der Waals surface area contributed by atoms with Gasteiger partial charge in [0.25, 0.3) is 0 Å². The first-order chi connectivity index (χ1) is 10.6. The van der Waals surface area contributed by atoms with Crippen molar-refractivity contribution >= 4 is 5.96 Å². The molecule has 0 aliphatic carbocycles. The molecule has 1 aromatic heterocycles. The van der Waals surface area contributed by atoms with Crippen LogP contribution >= 0.6 is 0 Å². The normalized spacial score (nSPS) is 11.9. The minimum Gasteiger partial charge on any atom is -0.370 e. The Morgan fingerprint density at radius 1 is 1.27 bits per heavy atom. The zero-order valence-electron chi connectivity index (χ0n) is 13.4. The molecular formula is C17H25N5. The van der Waals surface area contributed by atoms with Crippen molar-refractivity contribution in [1.29, 1.82) is 0 Å². The van der Waals surface area contributed by atoms with Gasteiger partial charge in [0, 0.05) is 18.3 Å². The second-order valence-electron chi connectivity index (χ2n) is 5.84. The summed E-state index contributed by atoms with van der Waals surface area (Å²) in [6.07, 6.45) is 4.94. The number of aromatic nitrogens is 2. The second-order valence-corrected chi connectivity index (χ2v) is 5.84. The SMILES string of the molecule is CC(C)CCNC(N)=NCc1cnn(Cc2ccccc2)c1. The predicted molar refractivity (Wildman–Crippen MR) is 90.6 cm³/mol. The molecule has 0 fully saturated rings. The second kappa shape index (κ2) is 8.22. The number of hydrogen-bond donors (Lipinski definition) is 2. The highest BCUT2D eigenvalue weighted by atomic mass is 15.3. The molecule has 3 N–H and O–H groups in total. The molecule has 0 saturated carbocycles. The quantitative estimate of drug-likeness (QED) is 0.609. The Balaban J connectivity index is 1.81. The van der Waals surface area contributed by atoms with E-state index in [9.17, 15) is 0 Å². The monoisotopic (exact) mass is 299 g/mol. The molecular weight excluding hydrogens is 274 g/mol. The molecule has 118 valence electrons. The molecule has 5 heteroatoms. The summed E-state index contributed by atoms with van der Waals surface area (Å²) in [6.45, 7) is 6.56. The van der Waals surface area contributed by atoms with Gasteiger partial charge in [-0.2, -0.15) is 5.10 Å². The van der Waals surface area contributed by atoms with Gasteiger partial charge < -0.3 is 11.1 Å². The van der Waals surface area contributed by atoms with E-state index in [2.05, 4.69) is 41.4 Å². The van der Waals surface area contributed by atoms with Crippen LogP contribution in [0.2, 0.25) is 0 Å². The van der Waals surface area contributed by atoms with Crippen molar-refractivity contribution in [2.45, 2.75) is 33.4 Å². The van der Waals surface area contributed by atoms with Gasteiger partial charge in [-0.25, -0.2) is 4.99 Å². The van der Waals surface area contributed by atoms with Crippen LogP contribution in [0.3, 0.4) is 0 Å². The van der Waals surface area contributed by atoms with Crippen LogP contribution in [-0.2, 0) is 13.1 Å². The van der Waals surface area contributed by atoms with E-state index in [4.69, 9.17) is 5.73 Å². The van der Waals surface area contributed by atoms with E-state index < -0.39 is 0 Å². The lowest BCUT2D eigenvalue weighted by Gasteiger charge is -2.07. The first kappa shape index (κ1) is 16.1. The van der Waals surface area contributed by atoms with Crippen LogP contribution < -0.4 is 11.1 Å². The maximum Gasteiger partial charge on any atom is 0.188 e. The summed E-state index contributed by atoms with van der Waals surface area (Å²) in [6, 6.07) is 10.3. The molecule has 1 aromatic carbocycles. The highest BCUT2D eigenvalue weighted by molar-refractivity contribution is 5.77. The van der Waals surface area contributed by atoms with Crippen molar-refractivity contribution in [2.24, 2.45) is 16.6 Å². The van der Waals surface area contributed by atoms with Crippen LogP contribution in [0.15, 0.2) is 47.7 Å². The molecule has 1 heterocycles. The lowest BCUT2D eigenvalue weighted by molar-refractivity contribution is 0.576. The fourth-order valence-corrected chi connectivity index (χ4v) is 2.07. The smallest absolute Gasteiger partial charge is 0.188 e. The summed E-state index contributed by atoms with van der Waals surface area (Å²) < 4.78 is 1.92. The third kappa shape index (κ3) is 5.60. The van der Waals surface area contributed by atoms with Crippen molar-refractivity contribution in [3.63, 3.8) is 0 Å². The van der Waals surface area contributed by atoms with Crippen molar-refractivity contribution in [3.05, 3.63) is 53.9 Å². The van der Waals surface area contributed by atoms with Crippen molar-refractivity contribution in [1.82, 2.24) is 15.1 Å². The summed E-state index contributed by atoms with van der Waals surface area (Å²) in [7, 11) is 0. The van der Waals surface area contributed by atoms with Crippen LogP contribution in [-0.4, -0.2) is 22.3 Å². The fourth-order valence-electron chi connectivity index (χ4n) is 2.07. The van der Waals surface area contributed by atoms with E-state index >= 15 is 0 Å². The van der Waals surface area contributed by atoms with Crippen LogP contribution in [0, 0.1) is 5.92 Å². The zero-order chi connectivity index (χ0) is 15.8. The third-order valence-corrected chi connectivity index (χ3v) is 3.33. The van der Waals surface area contributed by atoms with E-state index in [1.807, 2.05) is 35.3 Å². The number of nitrogens with one attached hydrogen (secondary N) is 1. The first-order valence-corrected chi connectivity index (χ1v) is 7.72. The maximum absolute atomic E-state index is 5.85. The molecule has 0 spiro atoms. The minimum atomic E-state index is 0.497. The number of nitrogens with two attached hydrogens (primary N) is 1. The lowest BCUT2D eigenvalue weighted by atomic mass is 10.1. The first-order valence-electron chi connectivity index (χ1n) is 7.72. The molecule has 0 amide bonds. The predicted octanol–water partition coefficient (Wildman–Crippen LogP) is 2.38. The molecule has 2 rings (SSSR count). The molecule has 2 aromatic rings. The number of aliphatic imine (C=N–C) groups is 1. The average molecular weight is 299 g/mol. The van der Waals surface area contributed by atoms with Crippen LogP contribution in [0.4, 0.5) is 0 Å². The molecule has 0 saturated heterocycles. The minimum absolute atomic E-state index is 0.497. The summed E-state index contributed by atoms with van der Waals surface area (Å²) in [5.41, 5.74) is 8.14. The molecule has 22 heavy (non-hydrogen) atoms. The standard InChI is InChI=1S/C17H25N5/c1-14(2)8-9-19-17(18)20-10-16-11-21-22(13-16)12-15-6-4-3-5-7-15/h3-7,11,13-14H,8-10,12H2,1-2H3,(H3,18,19,20). The van der Waals surface area contributed by atoms with Gasteiger partial charge in [-0.3, -0.25) is 4.68 Å². The van der Waals surface area contributed by atoms with Gasteiger partial charge in [-0.1, -0.05) is 44.2 Å². The highest BCUT2D eigenvalue weighted by Gasteiger charge is 2.00. The van der Waals surface area contributed by atoms with Gasteiger partial charge in [-0.15, -0.1) is 0 Å². The van der Waals surface area contributed by atoms with E-state index in [0.29, 0.717) is 18.4 Å². The summed E-state index contributed by atoms with van der Waals surface area (Å²) in [5, 5.41) is 7.49. The Hall–Kier alpha value is -2.30. The summed E-state index contributed by atoms with van der Waals surface area (Å²) in [4.78, 5) is 4.34. The van der Waals surface area contributed by atoms with Crippen LogP contribution in [0.1, 0.15) is 31.4 Å². The molecule has 0 aliphatic rings. The highest BCUT2D eigenvalue weighted by Crippen LogP contribution is 2.05. The Bertz CT molecular complexity index is 586. The van der Waals surface area contributed by atoms with Crippen LogP contribution in [0.5, 0.6) is 0 Å². The Morgan fingerprint density at radius 2 is 2.05 bits per heavy atom. The van der Waals surface area contributed by atoms with E-state index in [1.165, 1.54) is 5.56 Å². The lowest BCUT2D eigenvalue weighted by Crippen LogP contribution is -2.32. The molecule has 0 atom stereocenters. The van der Waals surface area contributed by atoms with Gasteiger partial charge in [0.1, 0.15) is 0 Å². The van der Waals surface area contributed by atoms with E-state index in [0.717, 1.165) is 25.1 Å². The van der Waals surface area contributed by atoms with Crippen LogP contribution in [0.25, 0.3) is 0 Å². The third-order valence-electron chi connectivity index (χ3n) is 3.33. The van der Waals surface area contributed by atoms with Gasteiger partial charge in [0.2, 0.25) is 0 Å². The van der Waals surface area contributed by atoms with E-state index in [-0.39, 0.29) is 0 Å². The van der Waals surface area contributed by atoms with Gasteiger partial charge in [0.15, 0.2) is 5.96 Å². The molecule has 5 nitrogen and oxygen atoms in total. The van der Waals surface area contributed by atoms with E-state index in [1.54, 1.807) is 0 Å². The maximum atomic E-state index is 5.85. The van der Waals surface area contributed by atoms with Gasteiger partial charge in [0.05, 0.1) is 19.3 Å². The number of hydrogen-bond acceptors (Lipinski definition) is 2. The topological polar surface area (TPSA) is 68.2 Å².